The van der Waals surface area contributed by atoms with Crippen LogP contribution in [0.3, 0.4) is 0 Å². The molecule has 3 nitrogen and oxygen atoms in total. The second kappa shape index (κ2) is 3.54. The van der Waals surface area contributed by atoms with Crippen molar-refractivity contribution in [3.8, 4) is 0 Å². The van der Waals surface area contributed by atoms with Crippen LogP contribution in [0.1, 0.15) is 33.1 Å². The predicted molar refractivity (Wildman–Crippen MR) is 52.0 cm³/mol. The van der Waals surface area contributed by atoms with Gasteiger partial charge in [-0.05, 0) is 32.1 Å². The van der Waals surface area contributed by atoms with Gasteiger partial charge in [-0.1, -0.05) is 6.92 Å². The summed E-state index contributed by atoms with van der Waals surface area (Å²) in [5, 5.41) is 9.13. The first-order chi connectivity index (χ1) is 6.61. The third-order valence-corrected chi connectivity index (χ3v) is 3.95. The fraction of sp³-hybridized carbons (Fsp3) is 0.909. The highest BCUT2D eigenvalue weighted by Crippen LogP contribution is 2.44. The van der Waals surface area contributed by atoms with E-state index in [4.69, 9.17) is 9.84 Å². The second-order valence-corrected chi connectivity index (χ2v) is 4.69. The molecule has 1 saturated heterocycles. The van der Waals surface area contributed by atoms with E-state index in [2.05, 4.69) is 13.8 Å². The van der Waals surface area contributed by atoms with Gasteiger partial charge in [0.2, 0.25) is 0 Å². The number of ether oxygens (including phenoxy) is 1. The van der Waals surface area contributed by atoms with Gasteiger partial charge in [0.1, 0.15) is 0 Å². The molecule has 1 N–H and O–H groups in total. The first-order valence-electron chi connectivity index (χ1n) is 5.49. The topological polar surface area (TPSA) is 46.5 Å². The first-order valence-corrected chi connectivity index (χ1v) is 5.49. The van der Waals surface area contributed by atoms with Crippen LogP contribution >= 0.6 is 0 Å². The van der Waals surface area contributed by atoms with Crippen LogP contribution in [-0.4, -0.2) is 23.3 Å². The van der Waals surface area contributed by atoms with Gasteiger partial charge in [-0.2, -0.15) is 0 Å². The van der Waals surface area contributed by atoms with Crippen LogP contribution in [-0.2, 0) is 9.53 Å². The number of carbonyl (C=O) groups is 1. The van der Waals surface area contributed by atoms with E-state index in [1.807, 2.05) is 0 Å². The van der Waals surface area contributed by atoms with Crippen LogP contribution in [0.2, 0.25) is 0 Å². The number of hydrogen-bond donors (Lipinski definition) is 1. The van der Waals surface area contributed by atoms with Crippen molar-refractivity contribution in [2.45, 2.75) is 45.3 Å². The monoisotopic (exact) mass is 198 g/mol. The molecule has 0 aromatic rings. The lowest BCUT2D eigenvalue weighted by atomic mass is 9.72. The summed E-state index contributed by atoms with van der Waals surface area (Å²) in [6.45, 7) is 4.18. The molecule has 2 fully saturated rings. The van der Waals surface area contributed by atoms with Crippen molar-refractivity contribution >= 4 is 5.97 Å². The zero-order chi connectivity index (χ0) is 10.3. The molecule has 0 radical (unpaired) electrons. The van der Waals surface area contributed by atoms with Crippen LogP contribution in [0.5, 0.6) is 0 Å². The summed E-state index contributed by atoms with van der Waals surface area (Å²) in [5.74, 6) is -0.171. The van der Waals surface area contributed by atoms with Crippen molar-refractivity contribution < 1.29 is 14.6 Å². The molecule has 0 aromatic heterocycles. The number of carboxylic acid groups (broad SMARTS) is 1. The Labute approximate surface area is 84.4 Å². The molecule has 1 heterocycles. The smallest absolute Gasteiger partial charge is 0.306 e. The lowest BCUT2D eigenvalue weighted by molar-refractivity contribution is -0.146. The Morgan fingerprint density at radius 1 is 1.36 bits per heavy atom. The van der Waals surface area contributed by atoms with Crippen LogP contribution < -0.4 is 0 Å². The van der Waals surface area contributed by atoms with E-state index >= 15 is 0 Å². The van der Waals surface area contributed by atoms with Gasteiger partial charge < -0.3 is 9.84 Å². The minimum Gasteiger partial charge on any atom is -0.481 e. The Bertz CT molecular complexity index is 239. The van der Waals surface area contributed by atoms with Gasteiger partial charge in [-0.3, -0.25) is 4.79 Å². The van der Waals surface area contributed by atoms with E-state index in [9.17, 15) is 4.79 Å². The summed E-state index contributed by atoms with van der Waals surface area (Å²) in [6, 6.07) is 0. The molecule has 1 aliphatic carbocycles. The highest BCUT2D eigenvalue weighted by atomic mass is 16.5. The quantitative estimate of drug-likeness (QED) is 0.700. The van der Waals surface area contributed by atoms with Gasteiger partial charge in [0.15, 0.2) is 0 Å². The van der Waals surface area contributed by atoms with Crippen molar-refractivity contribution in [1.29, 1.82) is 0 Å². The molecule has 1 aliphatic heterocycles. The Morgan fingerprint density at radius 2 is 2.07 bits per heavy atom. The van der Waals surface area contributed by atoms with E-state index in [-0.39, 0.29) is 24.0 Å². The Balaban J connectivity index is 2.18. The number of hydrogen-bond acceptors (Lipinski definition) is 2. The summed E-state index contributed by atoms with van der Waals surface area (Å²) in [6.07, 6.45) is 3.30. The number of fused-ring (bicyclic) bond motifs is 1. The van der Waals surface area contributed by atoms with E-state index < -0.39 is 5.97 Å². The van der Waals surface area contributed by atoms with Crippen molar-refractivity contribution in [2.75, 3.05) is 0 Å². The minimum absolute atomic E-state index is 0.173. The third-order valence-electron chi connectivity index (χ3n) is 3.95. The lowest BCUT2D eigenvalue weighted by Crippen LogP contribution is -2.36. The van der Waals surface area contributed by atoms with Gasteiger partial charge in [0, 0.05) is 5.92 Å². The summed E-state index contributed by atoms with van der Waals surface area (Å²) in [4.78, 5) is 11.1. The maximum atomic E-state index is 11.1. The van der Waals surface area contributed by atoms with Gasteiger partial charge in [-0.15, -0.1) is 0 Å². The van der Waals surface area contributed by atoms with E-state index in [0.717, 1.165) is 19.3 Å². The average molecular weight is 198 g/mol. The standard InChI is InChI=1S/C11H18O3/c1-6-7(2)14-9-5-3-4-8(10(6)9)11(12)13/h6-10H,3-5H2,1-2H3,(H,12,13)/t6-,7+,8-,9+,10+/m1/s1. The van der Waals surface area contributed by atoms with E-state index in [1.165, 1.54) is 0 Å². The fourth-order valence-electron chi connectivity index (χ4n) is 3.05. The Morgan fingerprint density at radius 3 is 2.71 bits per heavy atom. The maximum absolute atomic E-state index is 11.1. The molecule has 1 saturated carbocycles. The fourth-order valence-corrected chi connectivity index (χ4v) is 3.05. The van der Waals surface area contributed by atoms with Crippen molar-refractivity contribution in [1.82, 2.24) is 0 Å². The molecule has 3 heteroatoms. The zero-order valence-electron chi connectivity index (χ0n) is 8.77. The van der Waals surface area contributed by atoms with Crippen molar-refractivity contribution in [3.63, 3.8) is 0 Å². The molecule has 14 heavy (non-hydrogen) atoms. The average Bonchev–Trinajstić information content (AvgIpc) is 2.43. The molecule has 2 rings (SSSR count). The second-order valence-electron chi connectivity index (χ2n) is 4.69. The molecule has 0 aromatic carbocycles. The SMILES string of the molecule is C[C@H]1[C@@H]2[C@H](CCC[C@H]2C(=O)O)O[C@H]1C. The highest BCUT2D eigenvalue weighted by molar-refractivity contribution is 5.70. The van der Waals surface area contributed by atoms with E-state index in [0.29, 0.717) is 5.92 Å². The lowest BCUT2D eigenvalue weighted by Gasteiger charge is -2.31. The van der Waals surface area contributed by atoms with Crippen LogP contribution in [0.15, 0.2) is 0 Å². The molecule has 2 aliphatic rings. The van der Waals surface area contributed by atoms with Crippen LogP contribution in [0.4, 0.5) is 0 Å². The van der Waals surface area contributed by atoms with Crippen LogP contribution in [0.25, 0.3) is 0 Å². The Kier molecular flexibility index (Phi) is 2.52. The molecule has 5 atom stereocenters. The van der Waals surface area contributed by atoms with Crippen LogP contribution in [0, 0.1) is 17.8 Å². The van der Waals surface area contributed by atoms with Gasteiger partial charge in [0.05, 0.1) is 18.1 Å². The van der Waals surface area contributed by atoms with Gasteiger partial charge in [0.25, 0.3) is 0 Å². The molecular formula is C11H18O3. The summed E-state index contributed by atoms with van der Waals surface area (Å²) >= 11 is 0. The Hall–Kier alpha value is -0.570. The summed E-state index contributed by atoms with van der Waals surface area (Å²) < 4.78 is 5.79. The number of rotatable bonds is 1. The molecular weight excluding hydrogens is 180 g/mol. The molecule has 80 valence electrons. The summed E-state index contributed by atoms with van der Waals surface area (Å²) in [7, 11) is 0. The summed E-state index contributed by atoms with van der Waals surface area (Å²) in [5.41, 5.74) is 0. The molecule has 0 unspecified atom stereocenters. The zero-order valence-corrected chi connectivity index (χ0v) is 8.77. The van der Waals surface area contributed by atoms with Crippen molar-refractivity contribution in [3.05, 3.63) is 0 Å². The third kappa shape index (κ3) is 1.44. The molecule has 0 bridgehead atoms. The maximum Gasteiger partial charge on any atom is 0.306 e. The minimum atomic E-state index is -0.635. The van der Waals surface area contributed by atoms with Gasteiger partial charge in [-0.25, -0.2) is 0 Å². The van der Waals surface area contributed by atoms with E-state index in [1.54, 1.807) is 0 Å². The predicted octanol–water partition coefficient (Wildman–Crippen LogP) is 1.91. The largest absolute Gasteiger partial charge is 0.481 e. The molecule has 0 amide bonds. The first kappa shape index (κ1) is 9.97. The highest BCUT2D eigenvalue weighted by Gasteiger charge is 2.47. The normalized spacial score (nSPS) is 47.4. The van der Waals surface area contributed by atoms with Crippen molar-refractivity contribution in [2.24, 2.45) is 17.8 Å². The van der Waals surface area contributed by atoms with Gasteiger partial charge >= 0.3 is 5.97 Å². The molecule has 0 spiro atoms. The number of aliphatic carboxylic acids is 1. The number of carboxylic acids is 1.